The maximum atomic E-state index is 10.9. The van der Waals surface area contributed by atoms with Gasteiger partial charge in [-0.15, -0.1) is 0 Å². The van der Waals surface area contributed by atoms with Gasteiger partial charge in [0, 0.05) is 12.8 Å². The molecular formula is C26H44O6. The summed E-state index contributed by atoms with van der Waals surface area (Å²) in [6.45, 7) is 4.39. The Labute approximate surface area is 194 Å². The Morgan fingerprint density at radius 1 is 0.844 bits per heavy atom. The third kappa shape index (κ3) is 22.3. The van der Waals surface area contributed by atoms with Gasteiger partial charge in [-0.1, -0.05) is 90.2 Å². The SMILES string of the molecule is CCCCCCCCC(=O)O.CCCCCCCCC=O.COC(=O)c1ccccc1O. The second kappa shape index (κ2) is 24.9. The van der Waals surface area contributed by atoms with Crippen LogP contribution in [-0.2, 0) is 14.3 Å². The quantitative estimate of drug-likeness (QED) is 0.170. The van der Waals surface area contributed by atoms with E-state index in [9.17, 15) is 14.4 Å². The van der Waals surface area contributed by atoms with Gasteiger partial charge in [-0.05, 0) is 25.0 Å². The van der Waals surface area contributed by atoms with E-state index in [1.54, 1.807) is 12.1 Å². The van der Waals surface area contributed by atoms with E-state index in [2.05, 4.69) is 18.6 Å². The highest BCUT2D eigenvalue weighted by molar-refractivity contribution is 5.92. The lowest BCUT2D eigenvalue weighted by Crippen LogP contribution is -2.00. The van der Waals surface area contributed by atoms with Gasteiger partial charge >= 0.3 is 11.9 Å². The molecule has 0 saturated heterocycles. The lowest BCUT2D eigenvalue weighted by molar-refractivity contribution is -0.137. The number of unbranched alkanes of at least 4 members (excludes halogenated alkanes) is 11. The summed E-state index contributed by atoms with van der Waals surface area (Å²) in [6.07, 6.45) is 16.6. The number of benzene rings is 1. The molecule has 1 aromatic carbocycles. The summed E-state index contributed by atoms with van der Waals surface area (Å²) in [5, 5.41) is 17.4. The Morgan fingerprint density at radius 2 is 1.34 bits per heavy atom. The maximum Gasteiger partial charge on any atom is 0.341 e. The zero-order valence-corrected chi connectivity index (χ0v) is 20.3. The summed E-state index contributed by atoms with van der Waals surface area (Å²) < 4.78 is 4.42. The standard InChI is InChI=1S/C9H18O2.C9H18O.C8H8O3/c1-2-3-4-5-6-7-8-9(10)11;1-2-3-4-5-6-7-8-9-10;1-11-8(10)6-4-2-3-5-7(6)9/h2-8H2,1H3,(H,10,11);9H,2-8H2,1H3;2-5,9H,1H3. The fraction of sp³-hybridized carbons (Fsp3) is 0.654. The van der Waals surface area contributed by atoms with Crippen LogP contribution in [0.3, 0.4) is 0 Å². The molecule has 0 aromatic heterocycles. The van der Waals surface area contributed by atoms with Crippen molar-refractivity contribution in [3.63, 3.8) is 0 Å². The molecule has 0 saturated carbocycles. The van der Waals surface area contributed by atoms with E-state index in [0.717, 1.165) is 32.0 Å². The van der Waals surface area contributed by atoms with Gasteiger partial charge in [-0.25, -0.2) is 4.79 Å². The third-order valence-electron chi connectivity index (χ3n) is 4.73. The minimum Gasteiger partial charge on any atom is -0.507 e. The Morgan fingerprint density at radius 3 is 1.81 bits per heavy atom. The summed E-state index contributed by atoms with van der Waals surface area (Å²) in [5.41, 5.74) is 0.190. The zero-order valence-electron chi connectivity index (χ0n) is 20.3. The Balaban J connectivity index is 0. The fourth-order valence-corrected chi connectivity index (χ4v) is 2.82. The Bertz CT molecular complexity index is 585. The molecule has 6 nitrogen and oxygen atoms in total. The number of rotatable bonds is 15. The highest BCUT2D eigenvalue weighted by atomic mass is 16.5. The van der Waals surface area contributed by atoms with Gasteiger partial charge < -0.3 is 19.7 Å². The molecular weight excluding hydrogens is 408 g/mol. The van der Waals surface area contributed by atoms with Crippen LogP contribution in [0, 0.1) is 0 Å². The Kier molecular flexibility index (Phi) is 24.8. The van der Waals surface area contributed by atoms with Crippen molar-refractivity contribution in [2.24, 2.45) is 0 Å². The zero-order chi connectivity index (χ0) is 24.5. The van der Waals surface area contributed by atoms with Crippen molar-refractivity contribution in [1.82, 2.24) is 0 Å². The first-order valence-corrected chi connectivity index (χ1v) is 12.0. The molecule has 0 atom stereocenters. The van der Waals surface area contributed by atoms with Crippen LogP contribution < -0.4 is 0 Å². The topological polar surface area (TPSA) is 101 Å². The number of carbonyl (C=O) groups is 3. The molecule has 0 spiro atoms. The Hall–Kier alpha value is -2.37. The summed E-state index contributed by atoms with van der Waals surface area (Å²) in [5.74, 6) is -1.25. The van der Waals surface area contributed by atoms with Crippen molar-refractivity contribution < 1.29 is 29.3 Å². The first kappa shape index (κ1) is 31.8. The van der Waals surface area contributed by atoms with Gasteiger partial charge in [0.25, 0.3) is 0 Å². The minimum atomic E-state index is -0.666. The van der Waals surface area contributed by atoms with E-state index < -0.39 is 11.9 Å². The van der Waals surface area contributed by atoms with Crippen molar-refractivity contribution in [1.29, 1.82) is 0 Å². The van der Waals surface area contributed by atoms with Crippen LogP contribution in [0.2, 0.25) is 0 Å². The highest BCUT2D eigenvalue weighted by Crippen LogP contribution is 2.15. The number of hydrogen-bond acceptors (Lipinski definition) is 5. The van der Waals surface area contributed by atoms with E-state index in [-0.39, 0.29) is 11.3 Å². The molecule has 0 unspecified atom stereocenters. The second-order valence-electron chi connectivity index (χ2n) is 7.64. The minimum absolute atomic E-state index is 0.0562. The first-order valence-electron chi connectivity index (χ1n) is 12.0. The second-order valence-corrected chi connectivity index (χ2v) is 7.64. The lowest BCUT2D eigenvalue weighted by Gasteiger charge is -1.99. The molecule has 0 aliphatic heterocycles. The number of methoxy groups -OCH3 is 1. The summed E-state index contributed by atoms with van der Waals surface area (Å²) >= 11 is 0. The average Bonchev–Trinajstić information content (AvgIpc) is 2.79. The fourth-order valence-electron chi connectivity index (χ4n) is 2.82. The normalized spacial score (nSPS) is 9.59. The van der Waals surface area contributed by atoms with E-state index >= 15 is 0 Å². The number of esters is 1. The van der Waals surface area contributed by atoms with E-state index in [0.29, 0.717) is 6.42 Å². The lowest BCUT2D eigenvalue weighted by atomic mass is 10.1. The van der Waals surface area contributed by atoms with Crippen LogP contribution in [-0.4, -0.2) is 35.5 Å². The number of phenolic OH excluding ortho intramolecular Hbond substituents is 1. The molecule has 0 aliphatic carbocycles. The molecule has 0 aliphatic rings. The largest absolute Gasteiger partial charge is 0.507 e. The molecule has 0 fully saturated rings. The number of aliphatic carboxylic acids is 1. The van der Waals surface area contributed by atoms with Crippen molar-refractivity contribution >= 4 is 18.2 Å². The summed E-state index contributed by atoms with van der Waals surface area (Å²) in [4.78, 5) is 30.8. The molecule has 0 bridgehead atoms. The van der Waals surface area contributed by atoms with Crippen LogP contribution in [0.1, 0.15) is 114 Å². The van der Waals surface area contributed by atoms with Crippen LogP contribution in [0.25, 0.3) is 0 Å². The number of para-hydroxylation sites is 1. The van der Waals surface area contributed by atoms with Gasteiger partial charge in [0.05, 0.1) is 7.11 Å². The summed E-state index contributed by atoms with van der Waals surface area (Å²) in [6, 6.07) is 6.24. The van der Waals surface area contributed by atoms with Crippen LogP contribution in [0.5, 0.6) is 5.75 Å². The number of aldehydes is 1. The van der Waals surface area contributed by atoms with Crippen LogP contribution in [0.15, 0.2) is 24.3 Å². The van der Waals surface area contributed by atoms with Crippen molar-refractivity contribution in [3.8, 4) is 5.75 Å². The van der Waals surface area contributed by atoms with E-state index in [1.165, 1.54) is 77.0 Å². The number of carboxylic acid groups (broad SMARTS) is 1. The highest BCUT2D eigenvalue weighted by Gasteiger charge is 2.08. The molecule has 1 rings (SSSR count). The van der Waals surface area contributed by atoms with E-state index in [4.69, 9.17) is 10.2 Å². The van der Waals surface area contributed by atoms with E-state index in [1.807, 2.05) is 0 Å². The number of carbonyl (C=O) groups excluding carboxylic acids is 2. The monoisotopic (exact) mass is 452 g/mol. The number of hydrogen-bond donors (Lipinski definition) is 2. The van der Waals surface area contributed by atoms with Crippen molar-refractivity contribution in [2.45, 2.75) is 104 Å². The number of ether oxygens (including phenoxy) is 1. The summed E-state index contributed by atoms with van der Waals surface area (Å²) in [7, 11) is 1.27. The van der Waals surface area contributed by atoms with Crippen molar-refractivity contribution in [2.75, 3.05) is 7.11 Å². The molecule has 184 valence electrons. The first-order chi connectivity index (χ1) is 15.4. The molecule has 0 amide bonds. The smallest absolute Gasteiger partial charge is 0.341 e. The van der Waals surface area contributed by atoms with Crippen LogP contribution in [0.4, 0.5) is 0 Å². The van der Waals surface area contributed by atoms with Gasteiger partial charge in [-0.2, -0.15) is 0 Å². The van der Waals surface area contributed by atoms with Crippen molar-refractivity contribution in [3.05, 3.63) is 29.8 Å². The predicted molar refractivity (Wildman–Crippen MR) is 129 cm³/mol. The number of carboxylic acids is 1. The molecule has 2 N–H and O–H groups in total. The average molecular weight is 453 g/mol. The predicted octanol–water partition coefficient (Wildman–Crippen LogP) is 6.94. The van der Waals surface area contributed by atoms with Gasteiger partial charge in [0.15, 0.2) is 0 Å². The molecule has 32 heavy (non-hydrogen) atoms. The molecule has 1 aromatic rings. The maximum absolute atomic E-state index is 10.9. The van der Waals surface area contributed by atoms with Crippen LogP contribution >= 0.6 is 0 Å². The number of aromatic hydroxyl groups is 1. The van der Waals surface area contributed by atoms with Gasteiger partial charge in [0.1, 0.15) is 17.6 Å². The van der Waals surface area contributed by atoms with Gasteiger partial charge in [0.2, 0.25) is 0 Å². The number of phenols is 1. The molecule has 0 radical (unpaired) electrons. The molecule has 0 heterocycles. The third-order valence-corrected chi connectivity index (χ3v) is 4.73. The van der Waals surface area contributed by atoms with Gasteiger partial charge in [-0.3, -0.25) is 4.79 Å². The molecule has 6 heteroatoms.